The van der Waals surface area contributed by atoms with E-state index in [-0.39, 0.29) is 17.2 Å². The minimum Gasteiger partial charge on any atom is -0.493 e. The van der Waals surface area contributed by atoms with Crippen molar-refractivity contribution >= 4 is 35.2 Å². The molecule has 7 nitrogen and oxygen atoms in total. The van der Waals surface area contributed by atoms with Crippen LogP contribution in [0.25, 0.3) is 6.08 Å². The van der Waals surface area contributed by atoms with Gasteiger partial charge in [-0.2, -0.15) is 5.26 Å². The smallest absolute Gasteiger partial charge is 0.336 e. The number of nitrogens with two attached hydrogens (primary N) is 1. The predicted molar refractivity (Wildman–Crippen MR) is 155 cm³/mol. The summed E-state index contributed by atoms with van der Waals surface area (Å²) in [5, 5.41) is 10.8. The molecule has 206 valence electrons. The lowest BCUT2D eigenvalue weighted by atomic mass is 9.83. The maximum Gasteiger partial charge on any atom is 0.336 e. The minimum atomic E-state index is -0.614. The van der Waals surface area contributed by atoms with Crippen LogP contribution in [-0.2, 0) is 4.79 Å². The SMILES string of the molecule is COc1cc(C2C(C#N)=C(N)Oc3cc(OC(=O)/C=C/c4ccc(Cl)cc4Cl)ccc32)ccc1OCCC(C)C. The van der Waals surface area contributed by atoms with E-state index < -0.39 is 11.9 Å². The van der Waals surface area contributed by atoms with Gasteiger partial charge in [0.15, 0.2) is 11.5 Å². The summed E-state index contributed by atoms with van der Waals surface area (Å²) in [5.74, 6) is 1.12. The van der Waals surface area contributed by atoms with Crippen LogP contribution in [0, 0.1) is 17.2 Å². The molecule has 0 amide bonds. The highest BCUT2D eigenvalue weighted by molar-refractivity contribution is 6.35. The Morgan fingerprint density at radius 3 is 2.62 bits per heavy atom. The second kappa shape index (κ2) is 12.8. The summed E-state index contributed by atoms with van der Waals surface area (Å²) in [4.78, 5) is 12.5. The minimum absolute atomic E-state index is 0.0306. The molecule has 0 aromatic heterocycles. The van der Waals surface area contributed by atoms with Gasteiger partial charge in [-0.3, -0.25) is 0 Å². The molecule has 9 heteroatoms. The Bertz CT molecular complexity index is 1520. The van der Waals surface area contributed by atoms with Crippen LogP contribution in [0.1, 0.15) is 42.9 Å². The van der Waals surface area contributed by atoms with Crippen molar-refractivity contribution in [3.05, 3.63) is 98.9 Å². The fourth-order valence-corrected chi connectivity index (χ4v) is 4.65. The van der Waals surface area contributed by atoms with Gasteiger partial charge < -0.3 is 24.7 Å². The van der Waals surface area contributed by atoms with Crippen LogP contribution in [-0.4, -0.2) is 19.7 Å². The summed E-state index contributed by atoms with van der Waals surface area (Å²) < 4.78 is 22.7. The maximum absolute atomic E-state index is 12.5. The molecule has 1 atom stereocenters. The lowest BCUT2D eigenvalue weighted by molar-refractivity contribution is -0.128. The zero-order chi connectivity index (χ0) is 28.8. The number of nitriles is 1. The van der Waals surface area contributed by atoms with Crippen molar-refractivity contribution in [2.75, 3.05) is 13.7 Å². The van der Waals surface area contributed by atoms with Gasteiger partial charge in [0.25, 0.3) is 0 Å². The molecule has 3 aromatic rings. The first-order chi connectivity index (χ1) is 19.2. The van der Waals surface area contributed by atoms with Gasteiger partial charge in [0.05, 0.1) is 19.6 Å². The number of hydrogen-bond acceptors (Lipinski definition) is 7. The molecular weight excluding hydrogens is 551 g/mol. The highest BCUT2D eigenvalue weighted by atomic mass is 35.5. The molecule has 0 saturated carbocycles. The molecule has 1 aliphatic rings. The number of halogens is 2. The number of benzene rings is 3. The molecule has 1 unspecified atom stereocenters. The number of rotatable bonds is 9. The summed E-state index contributed by atoms with van der Waals surface area (Å²) in [6.45, 7) is 4.83. The Morgan fingerprint density at radius 1 is 1.12 bits per heavy atom. The van der Waals surface area contributed by atoms with Crippen LogP contribution in [0.3, 0.4) is 0 Å². The number of nitrogens with zero attached hydrogens (tertiary/aromatic N) is 1. The van der Waals surface area contributed by atoms with Gasteiger partial charge in [-0.1, -0.05) is 55.2 Å². The van der Waals surface area contributed by atoms with Gasteiger partial charge in [0.1, 0.15) is 23.1 Å². The van der Waals surface area contributed by atoms with E-state index in [0.29, 0.717) is 50.9 Å². The number of esters is 1. The highest BCUT2D eigenvalue weighted by Gasteiger charge is 2.31. The average molecular weight is 579 g/mol. The Labute approximate surface area is 243 Å². The Balaban J connectivity index is 1.59. The van der Waals surface area contributed by atoms with Gasteiger partial charge >= 0.3 is 5.97 Å². The van der Waals surface area contributed by atoms with Gasteiger partial charge in [0, 0.05) is 27.8 Å². The van der Waals surface area contributed by atoms with Crippen molar-refractivity contribution < 1.29 is 23.7 Å². The highest BCUT2D eigenvalue weighted by Crippen LogP contribution is 2.45. The lowest BCUT2D eigenvalue weighted by Crippen LogP contribution is -2.21. The standard InChI is InChI=1S/C31H28Cl2N2O5/c1-18(2)12-13-38-26-10-5-20(14-28(26)37-3)30-23-9-8-22(16-27(23)40-31(35)24(30)17-34)39-29(36)11-6-19-4-7-21(32)15-25(19)33/h4-11,14-16,18,30H,12-13,35H2,1-3H3/b11-6+. The Hall–Kier alpha value is -4.12. The summed E-state index contributed by atoms with van der Waals surface area (Å²) in [7, 11) is 1.57. The van der Waals surface area contributed by atoms with Gasteiger partial charge in [0.2, 0.25) is 5.88 Å². The number of carbonyl (C=O) groups excluding carboxylic acids is 1. The lowest BCUT2D eigenvalue weighted by Gasteiger charge is -2.27. The van der Waals surface area contributed by atoms with E-state index in [9.17, 15) is 10.1 Å². The molecule has 0 aliphatic carbocycles. The third-order valence-electron chi connectivity index (χ3n) is 6.24. The summed E-state index contributed by atoms with van der Waals surface area (Å²) in [6.07, 6.45) is 3.71. The third-order valence-corrected chi connectivity index (χ3v) is 6.81. The van der Waals surface area contributed by atoms with Crippen molar-refractivity contribution in [2.24, 2.45) is 11.7 Å². The molecule has 1 aliphatic heterocycles. The molecule has 2 N–H and O–H groups in total. The molecule has 40 heavy (non-hydrogen) atoms. The molecule has 4 rings (SSSR count). The second-order valence-corrected chi connectivity index (χ2v) is 10.3. The zero-order valence-corrected chi connectivity index (χ0v) is 23.8. The van der Waals surface area contributed by atoms with Crippen molar-refractivity contribution in [3.63, 3.8) is 0 Å². The molecule has 3 aromatic carbocycles. The van der Waals surface area contributed by atoms with Crippen LogP contribution >= 0.6 is 23.2 Å². The molecule has 0 spiro atoms. The van der Waals surface area contributed by atoms with Crippen LogP contribution in [0.4, 0.5) is 0 Å². The average Bonchev–Trinajstić information content (AvgIpc) is 2.91. The quantitative estimate of drug-likeness (QED) is 0.162. The first kappa shape index (κ1) is 28.9. The Kier molecular flexibility index (Phi) is 9.26. The zero-order valence-electron chi connectivity index (χ0n) is 22.2. The van der Waals surface area contributed by atoms with Crippen LogP contribution in [0.15, 0.2) is 72.1 Å². The summed E-state index contributed by atoms with van der Waals surface area (Å²) in [6, 6.07) is 17.6. The second-order valence-electron chi connectivity index (χ2n) is 9.49. The molecule has 0 saturated heterocycles. The van der Waals surface area contributed by atoms with Gasteiger partial charge in [-0.25, -0.2) is 4.79 Å². The molecule has 1 heterocycles. The monoisotopic (exact) mass is 578 g/mol. The van der Waals surface area contributed by atoms with Crippen LogP contribution in [0.5, 0.6) is 23.0 Å². The van der Waals surface area contributed by atoms with E-state index in [1.807, 2.05) is 18.2 Å². The van der Waals surface area contributed by atoms with E-state index in [0.717, 1.165) is 12.0 Å². The van der Waals surface area contributed by atoms with Gasteiger partial charge in [-0.15, -0.1) is 0 Å². The van der Waals surface area contributed by atoms with Crippen LogP contribution < -0.4 is 24.7 Å². The summed E-state index contributed by atoms with van der Waals surface area (Å²) in [5.41, 5.74) is 8.48. The largest absolute Gasteiger partial charge is 0.493 e. The normalized spacial score (nSPS) is 14.5. The fourth-order valence-electron chi connectivity index (χ4n) is 4.17. The number of hydrogen-bond donors (Lipinski definition) is 1. The number of ether oxygens (including phenoxy) is 4. The Morgan fingerprint density at radius 2 is 1.93 bits per heavy atom. The van der Waals surface area contributed by atoms with E-state index in [1.165, 1.54) is 12.2 Å². The van der Waals surface area contributed by atoms with E-state index in [2.05, 4.69) is 19.9 Å². The van der Waals surface area contributed by atoms with Gasteiger partial charge in [-0.05, 0) is 59.9 Å². The molecule has 0 fully saturated rings. The molecular formula is C31H28Cl2N2O5. The van der Waals surface area contributed by atoms with Crippen LogP contribution in [0.2, 0.25) is 10.0 Å². The number of fused-ring (bicyclic) bond motifs is 1. The molecule has 0 radical (unpaired) electrons. The van der Waals surface area contributed by atoms with E-state index in [1.54, 1.807) is 43.5 Å². The predicted octanol–water partition coefficient (Wildman–Crippen LogP) is 7.26. The first-order valence-electron chi connectivity index (χ1n) is 12.6. The first-order valence-corrected chi connectivity index (χ1v) is 13.3. The number of carbonyl (C=O) groups is 1. The summed E-state index contributed by atoms with van der Waals surface area (Å²) >= 11 is 12.1. The van der Waals surface area contributed by atoms with Crippen molar-refractivity contribution in [3.8, 4) is 29.1 Å². The van der Waals surface area contributed by atoms with Crippen molar-refractivity contribution in [1.82, 2.24) is 0 Å². The van der Waals surface area contributed by atoms with Crippen molar-refractivity contribution in [1.29, 1.82) is 5.26 Å². The topological polar surface area (TPSA) is 104 Å². The number of methoxy groups -OCH3 is 1. The number of allylic oxidation sites excluding steroid dienone is 1. The third kappa shape index (κ3) is 6.71. The fraction of sp³-hybridized carbons (Fsp3) is 0.226. The maximum atomic E-state index is 12.5. The molecule has 0 bridgehead atoms. The van der Waals surface area contributed by atoms with E-state index >= 15 is 0 Å². The van der Waals surface area contributed by atoms with E-state index in [4.69, 9.17) is 47.9 Å². The van der Waals surface area contributed by atoms with Crippen molar-refractivity contribution in [2.45, 2.75) is 26.2 Å².